The SMILES string of the molecule is CC(C)=C(C)C1=Cc2c(C)c(C)c(C)c(C)c2C1. The van der Waals surface area contributed by atoms with Gasteiger partial charge >= 0.3 is 0 Å². The van der Waals surface area contributed by atoms with E-state index < -0.39 is 0 Å². The van der Waals surface area contributed by atoms with Crippen molar-refractivity contribution in [2.24, 2.45) is 0 Å². The van der Waals surface area contributed by atoms with Crippen LogP contribution in [0.15, 0.2) is 16.7 Å². The second-order valence-electron chi connectivity index (χ2n) is 5.86. The first-order chi connectivity index (χ1) is 8.34. The van der Waals surface area contributed by atoms with Gasteiger partial charge in [-0.25, -0.2) is 0 Å². The van der Waals surface area contributed by atoms with E-state index in [0.717, 1.165) is 6.42 Å². The van der Waals surface area contributed by atoms with Crippen LogP contribution in [-0.4, -0.2) is 0 Å². The Bertz CT molecular complexity index is 577. The van der Waals surface area contributed by atoms with Crippen LogP contribution in [0.1, 0.15) is 54.2 Å². The molecule has 1 aromatic carbocycles. The fraction of sp³-hybridized carbons (Fsp3) is 0.444. The topological polar surface area (TPSA) is 0 Å². The van der Waals surface area contributed by atoms with Crippen LogP contribution in [0.25, 0.3) is 6.08 Å². The van der Waals surface area contributed by atoms with Gasteiger partial charge in [-0.1, -0.05) is 11.6 Å². The zero-order valence-electron chi connectivity index (χ0n) is 12.8. The van der Waals surface area contributed by atoms with Crippen LogP contribution >= 0.6 is 0 Å². The fourth-order valence-corrected chi connectivity index (χ4v) is 2.82. The van der Waals surface area contributed by atoms with Gasteiger partial charge in [0.05, 0.1) is 0 Å². The van der Waals surface area contributed by atoms with Crippen molar-refractivity contribution in [2.45, 2.75) is 54.9 Å². The smallest absolute Gasteiger partial charge is 0.00142 e. The highest BCUT2D eigenvalue weighted by atomic mass is 14.3. The summed E-state index contributed by atoms with van der Waals surface area (Å²) in [5.41, 5.74) is 13.3. The maximum absolute atomic E-state index is 2.41. The zero-order chi connectivity index (χ0) is 13.6. The molecular weight excluding hydrogens is 216 g/mol. The minimum atomic E-state index is 1.11. The molecule has 0 saturated carbocycles. The van der Waals surface area contributed by atoms with E-state index >= 15 is 0 Å². The highest BCUT2D eigenvalue weighted by molar-refractivity contribution is 5.74. The van der Waals surface area contributed by atoms with E-state index in [0.29, 0.717) is 0 Å². The molecule has 0 radical (unpaired) electrons. The Morgan fingerprint density at radius 2 is 1.39 bits per heavy atom. The number of hydrogen-bond acceptors (Lipinski definition) is 0. The van der Waals surface area contributed by atoms with Crippen molar-refractivity contribution in [2.75, 3.05) is 0 Å². The molecule has 0 aliphatic heterocycles. The summed E-state index contributed by atoms with van der Waals surface area (Å²) in [6.07, 6.45) is 3.52. The average Bonchev–Trinajstić information content (AvgIpc) is 2.77. The lowest BCUT2D eigenvalue weighted by Crippen LogP contribution is -1.99. The summed E-state index contributed by atoms with van der Waals surface area (Å²) in [5.74, 6) is 0. The largest absolute Gasteiger partial charge is 0.0732 e. The van der Waals surface area contributed by atoms with Crippen molar-refractivity contribution < 1.29 is 0 Å². The molecule has 1 aliphatic carbocycles. The molecule has 0 unspecified atom stereocenters. The predicted molar refractivity (Wildman–Crippen MR) is 81.1 cm³/mol. The van der Waals surface area contributed by atoms with Crippen LogP contribution in [-0.2, 0) is 6.42 Å². The van der Waals surface area contributed by atoms with Crippen molar-refractivity contribution in [3.8, 4) is 0 Å². The second kappa shape index (κ2) is 4.42. The van der Waals surface area contributed by atoms with Crippen LogP contribution in [0.5, 0.6) is 0 Å². The van der Waals surface area contributed by atoms with E-state index in [-0.39, 0.29) is 0 Å². The predicted octanol–water partition coefficient (Wildman–Crippen LogP) is 5.22. The Morgan fingerprint density at radius 3 is 1.94 bits per heavy atom. The molecule has 0 atom stereocenters. The molecule has 0 N–H and O–H groups in total. The molecule has 18 heavy (non-hydrogen) atoms. The van der Waals surface area contributed by atoms with Gasteiger partial charge in [0.15, 0.2) is 0 Å². The average molecular weight is 240 g/mol. The lowest BCUT2D eigenvalue weighted by atomic mass is 9.90. The molecule has 0 fully saturated rings. The minimum absolute atomic E-state index is 1.11. The van der Waals surface area contributed by atoms with Crippen molar-refractivity contribution in [1.82, 2.24) is 0 Å². The Balaban J connectivity index is 2.62. The quantitative estimate of drug-likeness (QED) is 0.631. The van der Waals surface area contributed by atoms with Gasteiger partial charge in [0.1, 0.15) is 0 Å². The van der Waals surface area contributed by atoms with E-state index in [9.17, 15) is 0 Å². The van der Waals surface area contributed by atoms with Gasteiger partial charge in [-0.15, -0.1) is 0 Å². The second-order valence-corrected chi connectivity index (χ2v) is 5.86. The molecule has 96 valence electrons. The van der Waals surface area contributed by atoms with E-state index in [2.05, 4.69) is 54.5 Å². The summed E-state index contributed by atoms with van der Waals surface area (Å²) in [4.78, 5) is 0. The maximum atomic E-state index is 2.41. The molecule has 1 aliphatic rings. The molecule has 0 saturated heterocycles. The third-order valence-corrected chi connectivity index (χ3v) is 4.79. The summed E-state index contributed by atoms with van der Waals surface area (Å²) < 4.78 is 0. The standard InChI is InChI=1S/C18H24/c1-10(2)11(3)16-8-17-14(6)12(4)13(5)15(7)18(17)9-16/h8H,9H2,1-7H3. The molecule has 0 bridgehead atoms. The maximum Gasteiger partial charge on any atom is -0.00142 e. The van der Waals surface area contributed by atoms with E-state index in [1.165, 1.54) is 44.5 Å². The van der Waals surface area contributed by atoms with Gasteiger partial charge in [-0.05, 0) is 99.4 Å². The third kappa shape index (κ3) is 1.84. The van der Waals surface area contributed by atoms with E-state index in [1.54, 1.807) is 5.56 Å². The number of rotatable bonds is 1. The first kappa shape index (κ1) is 13.1. The lowest BCUT2D eigenvalue weighted by Gasteiger charge is -2.15. The van der Waals surface area contributed by atoms with Gasteiger partial charge in [-0.2, -0.15) is 0 Å². The van der Waals surface area contributed by atoms with Crippen LogP contribution in [0.2, 0.25) is 0 Å². The molecule has 0 heteroatoms. The molecule has 0 amide bonds. The number of hydrogen-bond donors (Lipinski definition) is 0. The summed E-state index contributed by atoms with van der Waals surface area (Å²) in [6.45, 7) is 15.7. The normalized spacial score (nSPS) is 13.4. The van der Waals surface area contributed by atoms with E-state index in [1.807, 2.05) is 0 Å². The minimum Gasteiger partial charge on any atom is -0.0732 e. The van der Waals surface area contributed by atoms with Crippen molar-refractivity contribution in [3.63, 3.8) is 0 Å². The Morgan fingerprint density at radius 1 is 0.833 bits per heavy atom. The lowest BCUT2D eigenvalue weighted by molar-refractivity contribution is 1.10. The van der Waals surface area contributed by atoms with E-state index in [4.69, 9.17) is 0 Å². The van der Waals surface area contributed by atoms with Crippen LogP contribution in [0.3, 0.4) is 0 Å². The van der Waals surface area contributed by atoms with Gasteiger partial charge in [0.2, 0.25) is 0 Å². The highest BCUT2D eigenvalue weighted by Gasteiger charge is 2.20. The van der Waals surface area contributed by atoms with Crippen molar-refractivity contribution >= 4 is 6.08 Å². The number of fused-ring (bicyclic) bond motifs is 1. The molecule has 0 nitrogen and oxygen atoms in total. The Hall–Kier alpha value is -1.30. The highest BCUT2D eigenvalue weighted by Crippen LogP contribution is 2.37. The molecule has 0 heterocycles. The first-order valence-electron chi connectivity index (χ1n) is 6.78. The summed E-state index contributed by atoms with van der Waals surface area (Å²) in [6, 6.07) is 0. The van der Waals surface area contributed by atoms with Crippen LogP contribution in [0, 0.1) is 27.7 Å². The number of benzene rings is 1. The molecule has 1 aromatic rings. The monoisotopic (exact) mass is 240 g/mol. The van der Waals surface area contributed by atoms with Gasteiger partial charge < -0.3 is 0 Å². The third-order valence-electron chi connectivity index (χ3n) is 4.79. The summed E-state index contributed by atoms with van der Waals surface area (Å²) >= 11 is 0. The van der Waals surface area contributed by atoms with Crippen LogP contribution in [0.4, 0.5) is 0 Å². The summed E-state index contributed by atoms with van der Waals surface area (Å²) in [7, 11) is 0. The molecule has 2 rings (SSSR count). The van der Waals surface area contributed by atoms with Crippen LogP contribution < -0.4 is 0 Å². The number of allylic oxidation sites excluding steroid dienone is 3. The summed E-state index contributed by atoms with van der Waals surface area (Å²) in [5, 5.41) is 0. The first-order valence-corrected chi connectivity index (χ1v) is 6.78. The Kier molecular flexibility index (Phi) is 3.23. The van der Waals surface area contributed by atoms with Gasteiger partial charge in [0, 0.05) is 0 Å². The molecular formula is C18H24. The fourth-order valence-electron chi connectivity index (χ4n) is 2.82. The molecule has 0 aromatic heterocycles. The van der Waals surface area contributed by atoms with Gasteiger partial charge in [0.25, 0.3) is 0 Å². The molecule has 0 spiro atoms. The van der Waals surface area contributed by atoms with Crippen molar-refractivity contribution in [3.05, 3.63) is 50.1 Å². The van der Waals surface area contributed by atoms with Crippen molar-refractivity contribution in [1.29, 1.82) is 0 Å². The van der Waals surface area contributed by atoms with Gasteiger partial charge in [-0.3, -0.25) is 0 Å². The zero-order valence-corrected chi connectivity index (χ0v) is 12.8. The Labute approximate surface area is 111 Å².